The topological polar surface area (TPSA) is 29.5 Å². The largest absolute Gasteiger partial charge is 0.496 e. The van der Waals surface area contributed by atoms with Gasteiger partial charge in [-0.25, -0.2) is 0 Å². The Morgan fingerprint density at radius 2 is 1.75 bits per heavy atom. The van der Waals surface area contributed by atoms with Crippen LogP contribution in [-0.4, -0.2) is 12.2 Å². The third-order valence-electron chi connectivity index (χ3n) is 3.37. The molecule has 2 nitrogen and oxygen atoms in total. The Morgan fingerprint density at radius 1 is 1.12 bits per heavy atom. The van der Waals surface area contributed by atoms with Gasteiger partial charge >= 0.3 is 0 Å². The number of aliphatic hydroxyl groups is 1. The van der Waals surface area contributed by atoms with Crippen molar-refractivity contribution >= 4 is 0 Å². The first-order valence-corrected chi connectivity index (χ1v) is 5.95. The summed E-state index contributed by atoms with van der Waals surface area (Å²) in [7, 11) is 1.72. The van der Waals surface area contributed by atoms with E-state index in [-0.39, 0.29) is 0 Å². The summed E-state index contributed by atoms with van der Waals surface area (Å²) >= 11 is 0. The summed E-state index contributed by atoms with van der Waals surface area (Å²) in [4.78, 5) is 0. The van der Waals surface area contributed by atoms with E-state index in [1.54, 1.807) is 7.11 Å². The first kappa shape index (κ1) is 11.5. The van der Waals surface area contributed by atoms with Gasteiger partial charge in [-0.15, -0.1) is 0 Å². The maximum atomic E-state index is 10.2. The Bertz CT molecular complexity index is 388. The molecule has 16 heavy (non-hydrogen) atoms. The lowest BCUT2D eigenvalue weighted by Gasteiger charge is -2.27. The minimum Gasteiger partial charge on any atom is -0.496 e. The Balaban J connectivity index is 2.57. The summed E-state index contributed by atoms with van der Waals surface area (Å²) in [5.74, 6) is 0.975. The highest BCUT2D eigenvalue weighted by Crippen LogP contribution is 2.36. The second-order valence-corrected chi connectivity index (χ2v) is 5.04. The van der Waals surface area contributed by atoms with Crippen molar-refractivity contribution in [3.05, 3.63) is 28.8 Å². The van der Waals surface area contributed by atoms with Crippen molar-refractivity contribution in [1.82, 2.24) is 0 Å². The molecule has 0 heterocycles. The Morgan fingerprint density at radius 3 is 2.31 bits per heavy atom. The highest BCUT2D eigenvalue weighted by atomic mass is 16.5. The Labute approximate surface area is 97.3 Å². The molecule has 0 radical (unpaired) electrons. The van der Waals surface area contributed by atoms with Crippen LogP contribution in [0.4, 0.5) is 0 Å². The van der Waals surface area contributed by atoms with E-state index in [2.05, 4.69) is 0 Å². The maximum absolute atomic E-state index is 10.2. The van der Waals surface area contributed by atoms with Gasteiger partial charge in [0.15, 0.2) is 0 Å². The molecular weight excluding hydrogens is 200 g/mol. The van der Waals surface area contributed by atoms with Crippen LogP contribution in [0.25, 0.3) is 0 Å². The first-order chi connectivity index (χ1) is 7.54. The van der Waals surface area contributed by atoms with E-state index < -0.39 is 5.60 Å². The quantitative estimate of drug-likeness (QED) is 0.830. The molecule has 0 bridgehead atoms. The van der Waals surface area contributed by atoms with Gasteiger partial charge in [0.05, 0.1) is 12.7 Å². The molecule has 1 aromatic carbocycles. The van der Waals surface area contributed by atoms with E-state index >= 15 is 0 Å². The van der Waals surface area contributed by atoms with Crippen LogP contribution in [0.1, 0.15) is 43.4 Å². The monoisotopic (exact) mass is 220 g/mol. The highest BCUT2D eigenvalue weighted by molar-refractivity contribution is 5.48. The normalized spacial score (nSPS) is 15.8. The number of rotatable bonds is 2. The highest BCUT2D eigenvalue weighted by Gasteiger charge is 2.25. The summed E-state index contributed by atoms with van der Waals surface area (Å²) in [5.41, 5.74) is 2.91. The third-order valence-corrected chi connectivity index (χ3v) is 3.37. The van der Waals surface area contributed by atoms with E-state index in [0.29, 0.717) is 0 Å². The summed E-state index contributed by atoms with van der Waals surface area (Å²) in [6, 6.07) is 3.99. The molecule has 0 spiro atoms. The molecule has 88 valence electrons. The number of hydrogen-bond donors (Lipinski definition) is 1. The standard InChI is InChI=1S/C14H20O2/c1-14(2,15)12-8-9-13(16-3)11-7-5-4-6-10(11)12/h8-9,15H,4-7H2,1-3H3. The van der Waals surface area contributed by atoms with Crippen molar-refractivity contribution in [2.75, 3.05) is 7.11 Å². The zero-order valence-electron chi connectivity index (χ0n) is 10.3. The van der Waals surface area contributed by atoms with Gasteiger partial charge in [0.2, 0.25) is 0 Å². The third kappa shape index (κ3) is 1.94. The van der Waals surface area contributed by atoms with Gasteiger partial charge < -0.3 is 9.84 Å². The van der Waals surface area contributed by atoms with Crippen molar-refractivity contribution in [2.24, 2.45) is 0 Å². The Hall–Kier alpha value is -1.02. The fraction of sp³-hybridized carbons (Fsp3) is 0.571. The molecule has 0 amide bonds. The van der Waals surface area contributed by atoms with Crippen LogP contribution in [0.2, 0.25) is 0 Å². The molecule has 0 aromatic heterocycles. The molecular formula is C14H20O2. The summed E-state index contributed by atoms with van der Waals surface area (Å²) in [5, 5.41) is 10.2. The van der Waals surface area contributed by atoms with Gasteiger partial charge in [0.25, 0.3) is 0 Å². The molecule has 1 aliphatic carbocycles. The molecule has 0 aliphatic heterocycles. The SMILES string of the molecule is COc1ccc(C(C)(C)O)c2c1CCCC2. The predicted octanol–water partition coefficient (Wildman–Crippen LogP) is 2.80. The maximum Gasteiger partial charge on any atom is 0.122 e. The van der Waals surface area contributed by atoms with Gasteiger partial charge in [-0.3, -0.25) is 0 Å². The fourth-order valence-electron chi connectivity index (χ4n) is 2.60. The van der Waals surface area contributed by atoms with E-state index in [9.17, 15) is 5.11 Å². The lowest BCUT2D eigenvalue weighted by Crippen LogP contribution is -2.21. The number of hydrogen-bond acceptors (Lipinski definition) is 2. The molecule has 2 rings (SSSR count). The molecule has 2 heteroatoms. The van der Waals surface area contributed by atoms with Gasteiger partial charge in [-0.2, -0.15) is 0 Å². The lowest BCUT2D eigenvalue weighted by molar-refractivity contribution is 0.0772. The number of ether oxygens (including phenoxy) is 1. The van der Waals surface area contributed by atoms with Crippen molar-refractivity contribution in [2.45, 2.75) is 45.1 Å². The van der Waals surface area contributed by atoms with Crippen molar-refractivity contribution in [3.63, 3.8) is 0 Å². The van der Waals surface area contributed by atoms with Crippen molar-refractivity contribution in [3.8, 4) is 5.75 Å². The van der Waals surface area contributed by atoms with E-state index in [1.807, 2.05) is 26.0 Å². The summed E-state index contributed by atoms with van der Waals surface area (Å²) in [6.07, 6.45) is 4.57. The minimum atomic E-state index is -0.756. The van der Waals surface area contributed by atoms with Crippen LogP contribution in [0.15, 0.2) is 12.1 Å². The van der Waals surface area contributed by atoms with E-state index in [0.717, 1.165) is 24.2 Å². The zero-order valence-corrected chi connectivity index (χ0v) is 10.3. The minimum absolute atomic E-state index is 0.756. The molecule has 0 fully saturated rings. The van der Waals surface area contributed by atoms with Gasteiger partial charge in [0.1, 0.15) is 5.75 Å². The number of fused-ring (bicyclic) bond motifs is 1. The van der Waals surface area contributed by atoms with Crippen LogP contribution in [0.5, 0.6) is 5.75 Å². The lowest BCUT2D eigenvalue weighted by atomic mass is 9.82. The van der Waals surface area contributed by atoms with Gasteiger partial charge in [-0.1, -0.05) is 6.07 Å². The molecule has 0 saturated heterocycles. The molecule has 0 atom stereocenters. The van der Waals surface area contributed by atoms with Gasteiger partial charge in [0, 0.05) is 0 Å². The molecule has 0 saturated carbocycles. The molecule has 1 N–H and O–H groups in total. The average molecular weight is 220 g/mol. The predicted molar refractivity (Wildman–Crippen MR) is 64.9 cm³/mol. The molecule has 1 aromatic rings. The van der Waals surface area contributed by atoms with Crippen LogP contribution in [0, 0.1) is 0 Å². The average Bonchev–Trinajstić information content (AvgIpc) is 2.26. The summed E-state index contributed by atoms with van der Waals surface area (Å²) < 4.78 is 5.40. The van der Waals surface area contributed by atoms with E-state index in [4.69, 9.17) is 4.74 Å². The second kappa shape index (κ2) is 4.10. The van der Waals surface area contributed by atoms with Crippen molar-refractivity contribution < 1.29 is 9.84 Å². The summed E-state index contributed by atoms with van der Waals surface area (Å²) in [6.45, 7) is 3.70. The van der Waals surface area contributed by atoms with Crippen LogP contribution < -0.4 is 4.74 Å². The second-order valence-electron chi connectivity index (χ2n) is 5.04. The van der Waals surface area contributed by atoms with Crippen LogP contribution in [0.3, 0.4) is 0 Å². The van der Waals surface area contributed by atoms with Crippen molar-refractivity contribution in [1.29, 1.82) is 0 Å². The van der Waals surface area contributed by atoms with E-state index in [1.165, 1.54) is 24.0 Å². The fourth-order valence-corrected chi connectivity index (χ4v) is 2.60. The van der Waals surface area contributed by atoms with Crippen LogP contribution in [-0.2, 0) is 18.4 Å². The van der Waals surface area contributed by atoms with Gasteiger partial charge in [-0.05, 0) is 62.3 Å². The molecule has 1 aliphatic rings. The Kier molecular flexibility index (Phi) is 2.94. The first-order valence-electron chi connectivity index (χ1n) is 5.95. The number of benzene rings is 1. The number of methoxy groups -OCH3 is 1. The smallest absolute Gasteiger partial charge is 0.122 e. The molecule has 0 unspecified atom stereocenters. The zero-order chi connectivity index (χ0) is 11.8. The van der Waals surface area contributed by atoms with Crippen LogP contribution >= 0.6 is 0 Å².